The molecule has 8 heteroatoms. The van der Waals surface area contributed by atoms with E-state index in [2.05, 4.69) is 20.2 Å². The third-order valence-corrected chi connectivity index (χ3v) is 6.63. The van der Waals surface area contributed by atoms with E-state index in [0.717, 1.165) is 56.6 Å². The molecular weight excluding hydrogens is 394 g/mol. The van der Waals surface area contributed by atoms with Gasteiger partial charge >= 0.3 is 11.8 Å². The molecule has 0 bridgehead atoms. The number of aromatic nitrogens is 2. The summed E-state index contributed by atoms with van der Waals surface area (Å²) in [5.41, 5.74) is 2.69. The summed E-state index contributed by atoms with van der Waals surface area (Å²) < 4.78 is 2.23. The van der Waals surface area contributed by atoms with E-state index in [1.165, 1.54) is 12.1 Å². The number of carbonyl (C=O) groups is 3. The van der Waals surface area contributed by atoms with Gasteiger partial charge < -0.3 is 20.1 Å². The summed E-state index contributed by atoms with van der Waals surface area (Å²) in [6.45, 7) is 1.69. The lowest BCUT2D eigenvalue weighted by Crippen LogP contribution is -2.49. The van der Waals surface area contributed by atoms with Gasteiger partial charge in [-0.1, -0.05) is 12.1 Å². The van der Waals surface area contributed by atoms with Crippen LogP contribution >= 0.6 is 0 Å². The Bertz CT molecular complexity index is 1030. The van der Waals surface area contributed by atoms with Crippen molar-refractivity contribution >= 4 is 23.4 Å². The van der Waals surface area contributed by atoms with Gasteiger partial charge in [-0.25, -0.2) is 4.98 Å². The van der Waals surface area contributed by atoms with Crippen LogP contribution in [-0.2, 0) is 27.3 Å². The molecule has 2 atom stereocenters. The van der Waals surface area contributed by atoms with Crippen LogP contribution in [0.4, 0.5) is 5.69 Å². The highest BCUT2D eigenvalue weighted by Crippen LogP contribution is 2.29. The fourth-order valence-electron chi connectivity index (χ4n) is 5.10. The number of benzene rings is 1. The van der Waals surface area contributed by atoms with Crippen molar-refractivity contribution in [3.8, 4) is 11.4 Å². The van der Waals surface area contributed by atoms with E-state index in [1.807, 2.05) is 29.3 Å². The van der Waals surface area contributed by atoms with Crippen LogP contribution in [0.15, 0.2) is 30.5 Å². The Morgan fingerprint density at radius 2 is 1.94 bits per heavy atom. The summed E-state index contributed by atoms with van der Waals surface area (Å²) in [5.74, 6) is -0.471. The molecule has 0 saturated carbocycles. The van der Waals surface area contributed by atoms with Crippen molar-refractivity contribution < 1.29 is 14.4 Å². The molecule has 2 N–H and O–H groups in total. The van der Waals surface area contributed by atoms with E-state index in [9.17, 15) is 14.4 Å². The molecule has 3 amide bonds. The molecule has 2 aromatic rings. The van der Waals surface area contributed by atoms with Crippen LogP contribution in [0.3, 0.4) is 0 Å². The largest absolute Gasteiger partial charge is 0.342 e. The van der Waals surface area contributed by atoms with Crippen molar-refractivity contribution in [3.05, 3.63) is 36.2 Å². The molecule has 2 unspecified atom stereocenters. The molecule has 1 aromatic carbocycles. The first-order valence-corrected chi connectivity index (χ1v) is 11.2. The molecule has 8 nitrogen and oxygen atoms in total. The normalized spacial score (nSPS) is 22.6. The number of nitrogens with zero attached hydrogens (tertiary/aromatic N) is 3. The smallest absolute Gasteiger partial charge is 0.313 e. The number of aryl methyl sites for hydroxylation is 1. The summed E-state index contributed by atoms with van der Waals surface area (Å²) in [6.07, 6.45) is 8.45. The van der Waals surface area contributed by atoms with E-state index in [0.29, 0.717) is 5.69 Å². The minimum atomic E-state index is -0.719. The third kappa shape index (κ3) is 3.82. The van der Waals surface area contributed by atoms with Gasteiger partial charge in [0.2, 0.25) is 5.91 Å². The number of amides is 3. The minimum Gasteiger partial charge on any atom is -0.342 e. The Hall–Kier alpha value is -3.16. The minimum absolute atomic E-state index is 0.00736. The average molecular weight is 422 g/mol. The van der Waals surface area contributed by atoms with Gasteiger partial charge in [-0.3, -0.25) is 14.4 Å². The lowest BCUT2D eigenvalue weighted by molar-refractivity contribution is -0.136. The monoisotopic (exact) mass is 421 g/mol. The highest BCUT2D eigenvalue weighted by molar-refractivity contribution is 6.39. The molecule has 1 aromatic heterocycles. The van der Waals surface area contributed by atoms with Crippen LogP contribution in [0.5, 0.6) is 0 Å². The SMILES string of the molecule is O=C(Nc1cccc(-c2ncc3n2CCCC3)c1)C(=O)NC1CC(=O)N2CCCCC12. The molecule has 2 saturated heterocycles. The van der Waals surface area contributed by atoms with Gasteiger partial charge in [-0.2, -0.15) is 0 Å². The molecule has 0 aliphatic carbocycles. The first-order chi connectivity index (χ1) is 15.1. The van der Waals surface area contributed by atoms with Crippen LogP contribution in [0.2, 0.25) is 0 Å². The fraction of sp³-hybridized carbons (Fsp3) is 0.478. The maximum Gasteiger partial charge on any atom is 0.313 e. The van der Waals surface area contributed by atoms with Crippen molar-refractivity contribution in [1.82, 2.24) is 19.8 Å². The van der Waals surface area contributed by atoms with Crippen molar-refractivity contribution in [2.75, 3.05) is 11.9 Å². The summed E-state index contributed by atoms with van der Waals surface area (Å²) in [6, 6.07) is 7.13. The molecule has 0 spiro atoms. The molecule has 4 heterocycles. The predicted octanol–water partition coefficient (Wildman–Crippen LogP) is 2.09. The molecule has 3 aliphatic heterocycles. The van der Waals surface area contributed by atoms with Crippen molar-refractivity contribution in [2.24, 2.45) is 0 Å². The zero-order valence-electron chi connectivity index (χ0n) is 17.5. The first kappa shape index (κ1) is 19.8. The lowest BCUT2D eigenvalue weighted by atomic mass is 9.99. The van der Waals surface area contributed by atoms with Gasteiger partial charge in [-0.15, -0.1) is 0 Å². The molecule has 31 heavy (non-hydrogen) atoms. The summed E-state index contributed by atoms with van der Waals surface area (Å²) in [5, 5.41) is 5.48. The number of fused-ring (bicyclic) bond motifs is 2. The zero-order chi connectivity index (χ0) is 21.4. The van der Waals surface area contributed by atoms with Crippen LogP contribution in [0.25, 0.3) is 11.4 Å². The number of hydrogen-bond donors (Lipinski definition) is 2. The molecule has 3 aliphatic rings. The van der Waals surface area contributed by atoms with Crippen LogP contribution in [-0.4, -0.2) is 50.8 Å². The second-order valence-electron chi connectivity index (χ2n) is 8.65. The van der Waals surface area contributed by atoms with Crippen molar-refractivity contribution in [2.45, 2.75) is 63.6 Å². The van der Waals surface area contributed by atoms with Crippen LogP contribution in [0, 0.1) is 0 Å². The lowest BCUT2D eigenvalue weighted by Gasteiger charge is -2.32. The maximum atomic E-state index is 12.5. The second-order valence-corrected chi connectivity index (χ2v) is 8.65. The van der Waals surface area contributed by atoms with Crippen LogP contribution < -0.4 is 10.6 Å². The van der Waals surface area contributed by atoms with Gasteiger partial charge in [0.25, 0.3) is 0 Å². The quantitative estimate of drug-likeness (QED) is 0.742. The fourth-order valence-corrected chi connectivity index (χ4v) is 5.10. The van der Waals surface area contributed by atoms with Crippen molar-refractivity contribution in [1.29, 1.82) is 0 Å². The van der Waals surface area contributed by atoms with E-state index in [-0.39, 0.29) is 24.4 Å². The average Bonchev–Trinajstić information content (AvgIpc) is 3.35. The predicted molar refractivity (Wildman–Crippen MR) is 115 cm³/mol. The van der Waals surface area contributed by atoms with Crippen LogP contribution in [0.1, 0.15) is 44.2 Å². The Morgan fingerprint density at radius 3 is 2.84 bits per heavy atom. The summed E-state index contributed by atoms with van der Waals surface area (Å²) >= 11 is 0. The first-order valence-electron chi connectivity index (χ1n) is 11.2. The van der Waals surface area contributed by atoms with Gasteiger partial charge in [0.15, 0.2) is 0 Å². The standard InChI is InChI=1S/C23H27N5O3/c29-20-13-18(19-9-2-4-11-28(19)20)26-23(31)22(30)25-16-7-5-6-15(12-16)21-24-14-17-8-1-3-10-27(17)21/h5-7,12,14,18-19H,1-4,8-11,13H2,(H,25,30)(H,26,31). The maximum absolute atomic E-state index is 12.5. The second kappa shape index (κ2) is 8.17. The Morgan fingerprint density at radius 1 is 1.06 bits per heavy atom. The number of hydrogen-bond acceptors (Lipinski definition) is 4. The number of nitrogens with one attached hydrogen (secondary N) is 2. The van der Waals surface area contributed by atoms with Crippen molar-refractivity contribution in [3.63, 3.8) is 0 Å². The molecular formula is C23H27N5O3. The number of anilines is 1. The van der Waals surface area contributed by atoms with E-state index >= 15 is 0 Å². The Labute approximate surface area is 181 Å². The van der Waals surface area contributed by atoms with E-state index in [4.69, 9.17) is 0 Å². The Balaban J connectivity index is 1.25. The third-order valence-electron chi connectivity index (χ3n) is 6.63. The van der Waals surface area contributed by atoms with Gasteiger partial charge in [0.1, 0.15) is 5.82 Å². The van der Waals surface area contributed by atoms with Gasteiger partial charge in [-0.05, 0) is 50.7 Å². The number of carbonyl (C=O) groups excluding carboxylic acids is 3. The zero-order valence-corrected chi connectivity index (χ0v) is 17.5. The van der Waals surface area contributed by atoms with E-state index in [1.54, 1.807) is 6.07 Å². The van der Waals surface area contributed by atoms with E-state index < -0.39 is 11.8 Å². The topological polar surface area (TPSA) is 96.3 Å². The number of piperidine rings is 1. The molecule has 5 rings (SSSR count). The number of imidazole rings is 1. The summed E-state index contributed by atoms with van der Waals surface area (Å²) in [7, 11) is 0. The Kier molecular flexibility index (Phi) is 5.21. The summed E-state index contributed by atoms with van der Waals surface area (Å²) in [4.78, 5) is 43.6. The highest BCUT2D eigenvalue weighted by atomic mass is 16.2. The number of rotatable bonds is 3. The van der Waals surface area contributed by atoms with Gasteiger partial charge in [0.05, 0.1) is 12.1 Å². The molecule has 162 valence electrons. The molecule has 2 fully saturated rings. The van der Waals surface area contributed by atoms with Gasteiger partial charge in [0, 0.05) is 42.7 Å². The molecule has 0 radical (unpaired) electrons. The highest BCUT2D eigenvalue weighted by Gasteiger charge is 2.41.